The first-order chi connectivity index (χ1) is 15.7. The number of aromatic amines is 1. The minimum Gasteiger partial charge on any atom is -0.483 e. The maximum atomic E-state index is 13.6. The summed E-state index contributed by atoms with van der Waals surface area (Å²) >= 11 is 11.8. The van der Waals surface area contributed by atoms with Crippen molar-refractivity contribution >= 4 is 34.8 Å². The predicted molar refractivity (Wildman–Crippen MR) is 112 cm³/mol. The third kappa shape index (κ3) is 5.26. The highest BCUT2D eigenvalue weighted by atomic mass is 35.5. The van der Waals surface area contributed by atoms with Gasteiger partial charge in [0.25, 0.3) is 5.91 Å². The molecule has 2 aromatic carbocycles. The van der Waals surface area contributed by atoms with Gasteiger partial charge in [-0.2, -0.15) is 18.4 Å². The minimum absolute atomic E-state index is 0.0402. The molecular formula is C20H12Cl2F3N5O3. The first-order valence-electron chi connectivity index (χ1n) is 9.13. The van der Waals surface area contributed by atoms with Crippen molar-refractivity contribution in [3.63, 3.8) is 0 Å². The van der Waals surface area contributed by atoms with Crippen LogP contribution in [-0.2, 0) is 12.8 Å². The molecule has 0 spiro atoms. The number of hydrogen-bond donors (Lipinski definition) is 2. The Hall–Kier alpha value is -3.57. The topological polar surface area (TPSA) is 106 Å². The van der Waals surface area contributed by atoms with E-state index in [9.17, 15) is 18.0 Å². The molecule has 2 heterocycles. The zero-order valence-electron chi connectivity index (χ0n) is 16.3. The number of ether oxygens (including phenoxy) is 1. The number of halogens is 5. The van der Waals surface area contributed by atoms with Gasteiger partial charge in [0, 0.05) is 15.6 Å². The number of hydrogen-bond acceptors (Lipinski definition) is 6. The van der Waals surface area contributed by atoms with E-state index in [1.165, 1.54) is 42.5 Å². The number of furan rings is 1. The van der Waals surface area contributed by atoms with Crippen LogP contribution in [-0.4, -0.2) is 26.5 Å². The van der Waals surface area contributed by atoms with E-state index in [0.29, 0.717) is 10.6 Å². The molecule has 4 aromatic rings. The molecule has 2 N–H and O–H groups in total. The fourth-order valence-corrected chi connectivity index (χ4v) is 3.13. The lowest BCUT2D eigenvalue weighted by Gasteiger charge is -2.12. The summed E-state index contributed by atoms with van der Waals surface area (Å²) in [6.45, 7) is -0.110. The summed E-state index contributed by atoms with van der Waals surface area (Å²) in [5.41, 5.74) is -0.356. The SMILES string of the molecule is O=C(Nc1cc(Cl)ccc1OCc1nn[nH]n1)c1cc(-c2ccc(Cl)cc2)oc1C(F)(F)F. The van der Waals surface area contributed by atoms with Crippen molar-refractivity contribution in [3.8, 4) is 17.1 Å². The number of anilines is 1. The van der Waals surface area contributed by atoms with E-state index in [2.05, 4.69) is 25.9 Å². The smallest absolute Gasteiger partial charge is 0.450 e. The molecule has 33 heavy (non-hydrogen) atoms. The van der Waals surface area contributed by atoms with Crippen LogP contribution in [0.5, 0.6) is 5.75 Å². The van der Waals surface area contributed by atoms with E-state index in [1.807, 2.05) is 0 Å². The summed E-state index contributed by atoms with van der Waals surface area (Å²) in [6.07, 6.45) is -4.91. The number of alkyl halides is 3. The molecule has 0 aliphatic rings. The van der Waals surface area contributed by atoms with Crippen molar-refractivity contribution in [3.05, 3.63) is 75.7 Å². The molecule has 0 radical (unpaired) electrons. The maximum absolute atomic E-state index is 13.6. The highest BCUT2D eigenvalue weighted by Crippen LogP contribution is 2.38. The Bertz CT molecular complexity index is 1280. The maximum Gasteiger partial charge on any atom is 0.450 e. The Balaban J connectivity index is 1.64. The second-order valence-corrected chi connectivity index (χ2v) is 7.44. The molecule has 0 saturated carbocycles. The molecular weight excluding hydrogens is 486 g/mol. The Morgan fingerprint density at radius 3 is 2.48 bits per heavy atom. The number of nitrogens with one attached hydrogen (secondary N) is 2. The zero-order chi connectivity index (χ0) is 23.6. The van der Waals surface area contributed by atoms with Gasteiger partial charge in [0.1, 0.15) is 11.5 Å². The van der Waals surface area contributed by atoms with E-state index >= 15 is 0 Å². The second-order valence-electron chi connectivity index (χ2n) is 6.57. The molecule has 2 aromatic heterocycles. The van der Waals surface area contributed by atoms with Crippen molar-refractivity contribution < 1.29 is 27.1 Å². The van der Waals surface area contributed by atoms with E-state index in [4.69, 9.17) is 32.4 Å². The largest absolute Gasteiger partial charge is 0.483 e. The van der Waals surface area contributed by atoms with Gasteiger partial charge >= 0.3 is 6.18 Å². The van der Waals surface area contributed by atoms with E-state index in [-0.39, 0.29) is 34.7 Å². The number of tetrazole rings is 1. The van der Waals surface area contributed by atoms with Gasteiger partial charge in [-0.25, -0.2) is 0 Å². The van der Waals surface area contributed by atoms with E-state index in [1.54, 1.807) is 0 Å². The Labute approximate surface area is 193 Å². The van der Waals surface area contributed by atoms with Gasteiger partial charge in [-0.1, -0.05) is 28.4 Å². The van der Waals surface area contributed by atoms with Gasteiger partial charge in [-0.3, -0.25) is 4.79 Å². The monoisotopic (exact) mass is 497 g/mol. The van der Waals surface area contributed by atoms with Gasteiger partial charge in [-0.05, 0) is 48.5 Å². The van der Waals surface area contributed by atoms with Gasteiger partial charge in [-0.15, -0.1) is 10.2 Å². The van der Waals surface area contributed by atoms with Gasteiger partial charge in [0.05, 0.1) is 11.3 Å². The van der Waals surface area contributed by atoms with Gasteiger partial charge < -0.3 is 14.5 Å². The summed E-state index contributed by atoms with van der Waals surface area (Å²) in [5, 5.41) is 16.1. The number of nitrogens with zero attached hydrogens (tertiary/aromatic N) is 3. The number of rotatable bonds is 6. The number of H-pyrrole nitrogens is 1. The quantitative estimate of drug-likeness (QED) is 0.358. The number of benzene rings is 2. The van der Waals surface area contributed by atoms with Crippen molar-refractivity contribution in [2.24, 2.45) is 0 Å². The third-order valence-corrected chi connectivity index (χ3v) is 4.79. The van der Waals surface area contributed by atoms with Crippen LogP contribution < -0.4 is 10.1 Å². The molecule has 0 atom stereocenters. The van der Waals surface area contributed by atoms with Crippen LogP contribution in [0.3, 0.4) is 0 Å². The molecule has 0 fully saturated rings. The summed E-state index contributed by atoms with van der Waals surface area (Å²) in [5.74, 6) is -2.31. The highest BCUT2D eigenvalue weighted by molar-refractivity contribution is 6.31. The third-order valence-electron chi connectivity index (χ3n) is 4.30. The summed E-state index contributed by atoms with van der Waals surface area (Å²) in [6, 6.07) is 11.2. The molecule has 13 heteroatoms. The van der Waals surface area contributed by atoms with E-state index < -0.39 is 23.4 Å². The molecule has 0 saturated heterocycles. The Morgan fingerprint density at radius 1 is 1.09 bits per heavy atom. The van der Waals surface area contributed by atoms with Crippen LogP contribution in [0.2, 0.25) is 10.0 Å². The summed E-state index contributed by atoms with van der Waals surface area (Å²) < 4.78 is 51.3. The molecule has 0 bridgehead atoms. The molecule has 0 aliphatic carbocycles. The normalized spacial score (nSPS) is 11.4. The van der Waals surface area contributed by atoms with Crippen LogP contribution in [0.25, 0.3) is 11.3 Å². The number of amides is 1. The van der Waals surface area contributed by atoms with Crippen LogP contribution in [0, 0.1) is 0 Å². The standard InChI is InChI=1S/C20H12Cl2F3N5O3/c21-11-3-1-10(2-4-11)16-8-13(18(33-16)20(23,24)25)19(31)26-14-7-12(22)5-6-15(14)32-9-17-27-29-30-28-17/h1-8H,9H2,(H,26,31)(H,27,28,29,30). The zero-order valence-corrected chi connectivity index (χ0v) is 17.8. The van der Waals surface area contributed by atoms with Crippen LogP contribution in [0.1, 0.15) is 21.9 Å². The lowest BCUT2D eigenvalue weighted by Crippen LogP contribution is -2.17. The lowest BCUT2D eigenvalue weighted by atomic mass is 10.1. The number of carbonyl (C=O) groups is 1. The molecule has 0 aliphatic heterocycles. The van der Waals surface area contributed by atoms with Crippen LogP contribution in [0.15, 0.2) is 52.9 Å². The first kappa shape index (κ1) is 22.6. The van der Waals surface area contributed by atoms with Gasteiger partial charge in [0.2, 0.25) is 11.6 Å². The second kappa shape index (κ2) is 9.12. The molecule has 170 valence electrons. The van der Waals surface area contributed by atoms with Crippen molar-refractivity contribution in [1.29, 1.82) is 0 Å². The molecule has 4 rings (SSSR count). The Kier molecular flexibility index (Phi) is 6.25. The average molecular weight is 498 g/mol. The Morgan fingerprint density at radius 2 is 1.82 bits per heavy atom. The minimum atomic E-state index is -4.91. The molecule has 0 unspecified atom stereocenters. The first-order valence-corrected chi connectivity index (χ1v) is 9.89. The average Bonchev–Trinajstić information content (AvgIpc) is 3.44. The van der Waals surface area contributed by atoms with Crippen LogP contribution >= 0.6 is 23.2 Å². The molecule has 8 nitrogen and oxygen atoms in total. The van der Waals surface area contributed by atoms with Crippen molar-refractivity contribution in [2.75, 3.05) is 5.32 Å². The van der Waals surface area contributed by atoms with Gasteiger partial charge in [0.15, 0.2) is 6.61 Å². The number of aromatic nitrogens is 4. The summed E-state index contributed by atoms with van der Waals surface area (Å²) in [4.78, 5) is 12.8. The highest BCUT2D eigenvalue weighted by Gasteiger charge is 2.40. The van der Waals surface area contributed by atoms with Crippen LogP contribution in [0.4, 0.5) is 18.9 Å². The van der Waals surface area contributed by atoms with Crippen molar-refractivity contribution in [2.45, 2.75) is 12.8 Å². The fraction of sp³-hybridized carbons (Fsp3) is 0.100. The van der Waals surface area contributed by atoms with Crippen molar-refractivity contribution in [1.82, 2.24) is 20.6 Å². The summed E-state index contributed by atoms with van der Waals surface area (Å²) in [7, 11) is 0. The number of carbonyl (C=O) groups excluding carboxylic acids is 1. The molecule has 1 amide bonds. The fourth-order valence-electron chi connectivity index (χ4n) is 2.83. The lowest BCUT2D eigenvalue weighted by molar-refractivity contribution is -0.153. The van der Waals surface area contributed by atoms with E-state index in [0.717, 1.165) is 6.07 Å². The predicted octanol–water partition coefficient (Wildman–Crippen LogP) is 5.62.